The monoisotopic (exact) mass is 278 g/mol. The van der Waals surface area contributed by atoms with E-state index in [2.05, 4.69) is 25.9 Å². The molecular weight excluding hydrogens is 244 g/mol. The molecule has 2 N–H and O–H groups in total. The number of rotatable bonds is 4. The van der Waals surface area contributed by atoms with E-state index in [9.17, 15) is 0 Å². The van der Waals surface area contributed by atoms with E-state index in [1.165, 1.54) is 57.8 Å². The summed E-state index contributed by atoms with van der Waals surface area (Å²) in [5.74, 6) is 3.86. The summed E-state index contributed by atoms with van der Waals surface area (Å²) in [5.41, 5.74) is 7.09. The van der Waals surface area contributed by atoms with Crippen LogP contribution in [0.4, 0.5) is 0 Å². The molecule has 0 aromatic rings. The van der Waals surface area contributed by atoms with Crippen molar-refractivity contribution in [1.82, 2.24) is 4.90 Å². The predicted octanol–water partition coefficient (Wildman–Crippen LogP) is 3.65. The van der Waals surface area contributed by atoms with Crippen LogP contribution in [0.2, 0.25) is 0 Å². The zero-order chi connectivity index (χ0) is 14.3. The lowest BCUT2D eigenvalue weighted by atomic mass is 9.68. The molecule has 3 aliphatic carbocycles. The minimum atomic E-state index is 0.277. The second kappa shape index (κ2) is 5.61. The SMILES string of the molecule is CC1CCCC(C(N)CC2CC3CCC2C3)(N(C)C)C1. The summed E-state index contributed by atoms with van der Waals surface area (Å²) in [4.78, 5) is 2.47. The summed E-state index contributed by atoms with van der Waals surface area (Å²) >= 11 is 0. The molecule has 20 heavy (non-hydrogen) atoms. The predicted molar refractivity (Wildman–Crippen MR) is 85.6 cm³/mol. The zero-order valence-electron chi connectivity index (χ0n) is 13.8. The Hall–Kier alpha value is -0.0800. The van der Waals surface area contributed by atoms with E-state index in [-0.39, 0.29) is 5.54 Å². The number of fused-ring (bicyclic) bond motifs is 2. The van der Waals surface area contributed by atoms with Gasteiger partial charge in [-0.1, -0.05) is 26.2 Å². The second-order valence-corrected chi connectivity index (χ2v) is 8.48. The van der Waals surface area contributed by atoms with Gasteiger partial charge in [-0.05, 0) is 76.3 Å². The van der Waals surface area contributed by atoms with Crippen LogP contribution in [-0.4, -0.2) is 30.6 Å². The Bertz CT molecular complexity index is 340. The van der Waals surface area contributed by atoms with Crippen LogP contribution in [0.15, 0.2) is 0 Å². The molecule has 3 aliphatic rings. The molecule has 0 radical (unpaired) electrons. The van der Waals surface area contributed by atoms with Crippen molar-refractivity contribution in [1.29, 1.82) is 0 Å². The molecule has 3 rings (SSSR count). The fourth-order valence-corrected chi connectivity index (χ4v) is 5.85. The fourth-order valence-electron chi connectivity index (χ4n) is 5.85. The van der Waals surface area contributed by atoms with E-state index < -0.39 is 0 Å². The van der Waals surface area contributed by atoms with Crippen molar-refractivity contribution in [2.45, 2.75) is 76.3 Å². The Kier molecular flexibility index (Phi) is 4.16. The van der Waals surface area contributed by atoms with E-state index >= 15 is 0 Å². The van der Waals surface area contributed by atoms with Crippen LogP contribution >= 0.6 is 0 Å². The maximum absolute atomic E-state index is 6.82. The van der Waals surface area contributed by atoms with Crippen molar-refractivity contribution in [2.24, 2.45) is 29.4 Å². The Morgan fingerprint density at radius 1 is 1.20 bits per heavy atom. The Balaban J connectivity index is 1.68. The van der Waals surface area contributed by atoms with Gasteiger partial charge in [-0.15, -0.1) is 0 Å². The number of nitrogens with zero attached hydrogens (tertiary/aromatic N) is 1. The van der Waals surface area contributed by atoms with Gasteiger partial charge in [-0.3, -0.25) is 0 Å². The largest absolute Gasteiger partial charge is 0.326 e. The molecule has 0 spiro atoms. The Morgan fingerprint density at radius 3 is 2.55 bits per heavy atom. The standard InChI is InChI=1S/C18H34N2/c1-13-5-4-8-18(12-13,20(2)3)17(19)11-16-10-14-6-7-15(16)9-14/h13-17H,4-12,19H2,1-3H3. The topological polar surface area (TPSA) is 29.3 Å². The van der Waals surface area contributed by atoms with E-state index in [1.807, 2.05) is 0 Å². The number of likely N-dealkylation sites (N-methyl/N-ethyl adjacent to an activating group) is 1. The van der Waals surface area contributed by atoms with Crippen LogP contribution in [0.5, 0.6) is 0 Å². The van der Waals surface area contributed by atoms with Gasteiger partial charge in [-0.25, -0.2) is 0 Å². The molecule has 0 amide bonds. The van der Waals surface area contributed by atoms with Gasteiger partial charge < -0.3 is 10.6 Å². The highest BCUT2D eigenvalue weighted by Gasteiger charge is 2.46. The molecular formula is C18H34N2. The summed E-state index contributed by atoms with van der Waals surface area (Å²) < 4.78 is 0. The van der Waals surface area contributed by atoms with Gasteiger partial charge in [0, 0.05) is 11.6 Å². The highest BCUT2D eigenvalue weighted by atomic mass is 15.2. The lowest BCUT2D eigenvalue weighted by Crippen LogP contribution is -2.60. The Morgan fingerprint density at radius 2 is 2.00 bits per heavy atom. The first-order valence-corrected chi connectivity index (χ1v) is 8.94. The van der Waals surface area contributed by atoms with Crippen LogP contribution in [0.3, 0.4) is 0 Å². The van der Waals surface area contributed by atoms with Gasteiger partial charge in [-0.2, -0.15) is 0 Å². The molecule has 116 valence electrons. The van der Waals surface area contributed by atoms with Crippen molar-refractivity contribution < 1.29 is 0 Å². The number of nitrogens with two attached hydrogens (primary N) is 1. The Labute approximate surface area is 125 Å². The van der Waals surface area contributed by atoms with Gasteiger partial charge in [0.25, 0.3) is 0 Å². The second-order valence-electron chi connectivity index (χ2n) is 8.48. The highest BCUT2D eigenvalue weighted by Crippen LogP contribution is 2.51. The number of hydrogen-bond acceptors (Lipinski definition) is 2. The van der Waals surface area contributed by atoms with Crippen molar-refractivity contribution in [2.75, 3.05) is 14.1 Å². The van der Waals surface area contributed by atoms with E-state index in [1.54, 1.807) is 0 Å². The van der Waals surface area contributed by atoms with Crippen molar-refractivity contribution in [3.63, 3.8) is 0 Å². The fraction of sp³-hybridized carbons (Fsp3) is 1.00. The summed E-state index contributed by atoms with van der Waals surface area (Å²) in [6, 6.07) is 0.379. The first-order valence-electron chi connectivity index (χ1n) is 8.94. The van der Waals surface area contributed by atoms with Crippen molar-refractivity contribution in [3.8, 4) is 0 Å². The molecule has 0 aliphatic heterocycles. The average Bonchev–Trinajstić information content (AvgIpc) is 3.00. The quantitative estimate of drug-likeness (QED) is 0.850. The molecule has 6 unspecified atom stereocenters. The van der Waals surface area contributed by atoms with Crippen LogP contribution in [-0.2, 0) is 0 Å². The first-order chi connectivity index (χ1) is 9.51. The lowest BCUT2D eigenvalue weighted by Gasteiger charge is -2.50. The zero-order valence-corrected chi connectivity index (χ0v) is 13.8. The van der Waals surface area contributed by atoms with Gasteiger partial charge in [0.15, 0.2) is 0 Å². The normalized spacial score (nSPS) is 46.0. The van der Waals surface area contributed by atoms with E-state index in [4.69, 9.17) is 5.73 Å². The van der Waals surface area contributed by atoms with Crippen LogP contribution < -0.4 is 5.73 Å². The van der Waals surface area contributed by atoms with Crippen LogP contribution in [0, 0.1) is 23.7 Å². The molecule has 3 fully saturated rings. The summed E-state index contributed by atoms with van der Waals surface area (Å²) in [6.07, 6.45) is 12.7. The van der Waals surface area contributed by atoms with Crippen LogP contribution in [0.1, 0.15) is 64.7 Å². The third-order valence-corrected chi connectivity index (χ3v) is 7.03. The van der Waals surface area contributed by atoms with Gasteiger partial charge in [0.05, 0.1) is 0 Å². The first kappa shape index (κ1) is 14.8. The molecule has 6 atom stereocenters. The van der Waals surface area contributed by atoms with Crippen molar-refractivity contribution in [3.05, 3.63) is 0 Å². The third kappa shape index (κ3) is 2.54. The van der Waals surface area contributed by atoms with Crippen LogP contribution in [0.25, 0.3) is 0 Å². The molecule has 2 bridgehead atoms. The lowest BCUT2D eigenvalue weighted by molar-refractivity contribution is 0.0389. The average molecular weight is 278 g/mol. The van der Waals surface area contributed by atoms with E-state index in [0.29, 0.717) is 6.04 Å². The summed E-state index contributed by atoms with van der Waals surface area (Å²) in [7, 11) is 4.53. The van der Waals surface area contributed by atoms with E-state index in [0.717, 1.165) is 23.7 Å². The van der Waals surface area contributed by atoms with Gasteiger partial charge in [0.2, 0.25) is 0 Å². The minimum absolute atomic E-state index is 0.277. The summed E-state index contributed by atoms with van der Waals surface area (Å²) in [5, 5.41) is 0. The molecule has 0 heterocycles. The number of hydrogen-bond donors (Lipinski definition) is 1. The highest BCUT2D eigenvalue weighted by molar-refractivity contribution is 5.03. The molecule has 0 saturated heterocycles. The third-order valence-electron chi connectivity index (χ3n) is 7.03. The molecule has 0 aromatic carbocycles. The molecule has 3 saturated carbocycles. The maximum atomic E-state index is 6.82. The smallest absolute Gasteiger partial charge is 0.0356 e. The van der Waals surface area contributed by atoms with Gasteiger partial charge >= 0.3 is 0 Å². The molecule has 2 nitrogen and oxygen atoms in total. The minimum Gasteiger partial charge on any atom is -0.326 e. The molecule has 0 aromatic heterocycles. The maximum Gasteiger partial charge on any atom is 0.0356 e. The summed E-state index contributed by atoms with van der Waals surface area (Å²) in [6.45, 7) is 2.42. The van der Waals surface area contributed by atoms with Gasteiger partial charge in [0.1, 0.15) is 0 Å². The molecule has 2 heteroatoms. The van der Waals surface area contributed by atoms with Crippen molar-refractivity contribution >= 4 is 0 Å².